The van der Waals surface area contributed by atoms with Gasteiger partial charge in [-0.3, -0.25) is 24.1 Å². The van der Waals surface area contributed by atoms with Crippen molar-refractivity contribution in [3.8, 4) is 0 Å². The molecule has 2 aliphatic rings. The lowest BCUT2D eigenvalue weighted by Gasteiger charge is -2.29. The van der Waals surface area contributed by atoms with E-state index in [2.05, 4.69) is 5.32 Å². The number of morpholine rings is 1. The standard InChI is InChI=1S/C10H12N2O6/c13-7(11-3-8(14)15)4-12-9(16)5-1-2-6(18-5)10(12)17/h5-6H,1-4H2,(H,11,13)(H,14,15). The van der Waals surface area contributed by atoms with Gasteiger partial charge in [-0.15, -0.1) is 0 Å². The van der Waals surface area contributed by atoms with Crippen LogP contribution in [-0.4, -0.2) is 59.0 Å². The minimum absolute atomic E-state index is 0.457. The Morgan fingerprint density at radius 1 is 1.28 bits per heavy atom. The second-order valence-electron chi connectivity index (χ2n) is 4.12. The largest absolute Gasteiger partial charge is 0.480 e. The van der Waals surface area contributed by atoms with Crippen LogP contribution in [0.25, 0.3) is 0 Å². The van der Waals surface area contributed by atoms with Crippen LogP contribution in [0.15, 0.2) is 0 Å². The van der Waals surface area contributed by atoms with Gasteiger partial charge in [-0.25, -0.2) is 0 Å². The molecule has 2 heterocycles. The molecule has 2 saturated heterocycles. The van der Waals surface area contributed by atoms with Crippen LogP contribution in [0.3, 0.4) is 0 Å². The van der Waals surface area contributed by atoms with E-state index in [9.17, 15) is 19.2 Å². The summed E-state index contributed by atoms with van der Waals surface area (Å²) in [4.78, 5) is 46.0. The van der Waals surface area contributed by atoms with Crippen molar-refractivity contribution in [2.75, 3.05) is 13.1 Å². The van der Waals surface area contributed by atoms with E-state index in [0.29, 0.717) is 12.8 Å². The van der Waals surface area contributed by atoms with E-state index in [1.165, 1.54) is 0 Å². The number of amides is 3. The Morgan fingerprint density at radius 2 is 1.83 bits per heavy atom. The molecule has 0 spiro atoms. The van der Waals surface area contributed by atoms with Gasteiger partial charge >= 0.3 is 5.97 Å². The van der Waals surface area contributed by atoms with Crippen molar-refractivity contribution < 1.29 is 29.0 Å². The molecule has 2 rings (SSSR count). The van der Waals surface area contributed by atoms with Gasteiger partial charge < -0.3 is 15.2 Å². The van der Waals surface area contributed by atoms with Gasteiger partial charge in [0.05, 0.1) is 0 Å². The molecule has 3 amide bonds. The quantitative estimate of drug-likeness (QED) is 0.568. The van der Waals surface area contributed by atoms with Crippen LogP contribution >= 0.6 is 0 Å². The number of aliphatic carboxylic acids is 1. The van der Waals surface area contributed by atoms with Crippen molar-refractivity contribution in [1.82, 2.24) is 10.2 Å². The predicted octanol–water partition coefficient (Wildman–Crippen LogP) is -1.90. The van der Waals surface area contributed by atoms with Gasteiger partial charge in [-0.2, -0.15) is 0 Å². The fourth-order valence-electron chi connectivity index (χ4n) is 1.99. The number of carboxylic acid groups (broad SMARTS) is 1. The predicted molar refractivity (Wildman–Crippen MR) is 55.3 cm³/mol. The van der Waals surface area contributed by atoms with Gasteiger partial charge in [0.1, 0.15) is 25.3 Å². The summed E-state index contributed by atoms with van der Waals surface area (Å²) in [5.41, 5.74) is 0. The smallest absolute Gasteiger partial charge is 0.322 e. The van der Waals surface area contributed by atoms with Crippen molar-refractivity contribution >= 4 is 23.7 Å². The number of carbonyl (C=O) groups excluding carboxylic acids is 3. The van der Waals surface area contributed by atoms with Crippen LogP contribution in [0, 0.1) is 0 Å². The van der Waals surface area contributed by atoms with Crippen molar-refractivity contribution in [3.63, 3.8) is 0 Å². The molecule has 2 atom stereocenters. The number of nitrogens with zero attached hydrogens (tertiary/aromatic N) is 1. The molecule has 2 fully saturated rings. The molecule has 8 heteroatoms. The molecule has 0 radical (unpaired) electrons. The molecule has 0 aliphatic carbocycles. The van der Waals surface area contributed by atoms with Crippen LogP contribution in [0.5, 0.6) is 0 Å². The Bertz CT molecular complexity index is 399. The molecule has 0 aromatic heterocycles. The van der Waals surface area contributed by atoms with E-state index in [4.69, 9.17) is 9.84 Å². The fourth-order valence-corrected chi connectivity index (χ4v) is 1.99. The monoisotopic (exact) mass is 256 g/mol. The zero-order valence-electron chi connectivity index (χ0n) is 9.42. The van der Waals surface area contributed by atoms with E-state index in [-0.39, 0.29) is 0 Å². The Labute approximate surface area is 102 Å². The highest BCUT2D eigenvalue weighted by molar-refractivity contribution is 6.05. The summed E-state index contributed by atoms with van der Waals surface area (Å²) >= 11 is 0. The fraction of sp³-hybridized carbons (Fsp3) is 0.600. The highest BCUT2D eigenvalue weighted by Crippen LogP contribution is 2.27. The third-order valence-electron chi connectivity index (χ3n) is 2.84. The summed E-state index contributed by atoms with van der Waals surface area (Å²) in [7, 11) is 0. The van der Waals surface area contributed by atoms with Crippen LogP contribution in [0.4, 0.5) is 0 Å². The molecule has 2 N–H and O–H groups in total. The maximum Gasteiger partial charge on any atom is 0.322 e. The minimum atomic E-state index is -1.19. The van der Waals surface area contributed by atoms with Gasteiger partial charge in [0, 0.05) is 0 Å². The first-order chi connectivity index (χ1) is 8.49. The van der Waals surface area contributed by atoms with Crippen molar-refractivity contribution in [2.24, 2.45) is 0 Å². The molecule has 8 nitrogen and oxygen atoms in total. The lowest BCUT2D eigenvalue weighted by molar-refractivity contribution is -0.169. The number of carbonyl (C=O) groups is 4. The van der Waals surface area contributed by atoms with E-state index in [1.54, 1.807) is 0 Å². The molecular weight excluding hydrogens is 244 g/mol. The number of fused-ring (bicyclic) bond motifs is 2. The number of hydrogen-bond acceptors (Lipinski definition) is 5. The molecular formula is C10H12N2O6. The zero-order chi connectivity index (χ0) is 13.3. The number of nitrogens with one attached hydrogen (secondary N) is 1. The Morgan fingerprint density at radius 3 is 2.33 bits per heavy atom. The average molecular weight is 256 g/mol. The lowest BCUT2D eigenvalue weighted by atomic mass is 10.2. The Hall–Kier alpha value is -1.96. The molecule has 0 aromatic carbocycles. The second kappa shape index (κ2) is 4.73. The number of rotatable bonds is 4. The second-order valence-corrected chi connectivity index (χ2v) is 4.12. The summed E-state index contributed by atoms with van der Waals surface area (Å²) in [5.74, 6) is -2.93. The molecule has 98 valence electrons. The topological polar surface area (TPSA) is 113 Å². The number of imide groups is 1. The summed E-state index contributed by atoms with van der Waals surface area (Å²) in [6.07, 6.45) is -0.356. The highest BCUT2D eigenvalue weighted by Gasteiger charge is 2.46. The van der Waals surface area contributed by atoms with Gasteiger partial charge in [0.15, 0.2) is 0 Å². The molecule has 0 aromatic rings. The normalized spacial score (nSPS) is 26.3. The number of likely N-dealkylation sites (tertiary alicyclic amines) is 1. The zero-order valence-corrected chi connectivity index (χ0v) is 9.42. The first-order valence-electron chi connectivity index (χ1n) is 5.48. The lowest BCUT2D eigenvalue weighted by Crippen LogP contribution is -2.54. The van der Waals surface area contributed by atoms with Crippen molar-refractivity contribution in [3.05, 3.63) is 0 Å². The Balaban J connectivity index is 1.96. The van der Waals surface area contributed by atoms with E-state index >= 15 is 0 Å². The van der Waals surface area contributed by atoms with Crippen LogP contribution in [-0.2, 0) is 23.9 Å². The Kier molecular flexibility index (Phi) is 3.28. The van der Waals surface area contributed by atoms with Gasteiger partial charge in [0.25, 0.3) is 11.8 Å². The third-order valence-corrected chi connectivity index (χ3v) is 2.84. The molecule has 2 unspecified atom stereocenters. The average Bonchev–Trinajstić information content (AvgIpc) is 2.76. The third kappa shape index (κ3) is 2.33. The van der Waals surface area contributed by atoms with Gasteiger partial charge in [0.2, 0.25) is 5.91 Å². The molecule has 2 bridgehead atoms. The molecule has 0 saturated carbocycles. The molecule has 2 aliphatic heterocycles. The summed E-state index contributed by atoms with van der Waals surface area (Å²) in [6, 6.07) is 0. The maximum atomic E-state index is 11.8. The van der Waals surface area contributed by atoms with Gasteiger partial charge in [-0.1, -0.05) is 0 Å². The highest BCUT2D eigenvalue weighted by atomic mass is 16.5. The van der Waals surface area contributed by atoms with E-state index in [0.717, 1.165) is 4.90 Å². The maximum absolute atomic E-state index is 11.8. The number of ether oxygens (including phenoxy) is 1. The summed E-state index contributed by atoms with van der Waals surface area (Å²) < 4.78 is 5.17. The van der Waals surface area contributed by atoms with Crippen LogP contribution in [0.1, 0.15) is 12.8 Å². The first-order valence-corrected chi connectivity index (χ1v) is 5.48. The van der Waals surface area contributed by atoms with Gasteiger partial charge in [-0.05, 0) is 12.8 Å². The minimum Gasteiger partial charge on any atom is -0.480 e. The number of hydrogen-bond donors (Lipinski definition) is 2. The summed E-state index contributed by atoms with van der Waals surface area (Å²) in [6.45, 7) is -1.00. The van der Waals surface area contributed by atoms with Crippen LogP contribution in [0.2, 0.25) is 0 Å². The van der Waals surface area contributed by atoms with Crippen LogP contribution < -0.4 is 5.32 Å². The van der Waals surface area contributed by atoms with E-state index in [1.807, 2.05) is 0 Å². The van der Waals surface area contributed by atoms with Crippen molar-refractivity contribution in [2.45, 2.75) is 25.0 Å². The number of carboxylic acids is 1. The first kappa shape index (κ1) is 12.5. The SMILES string of the molecule is O=C(O)CNC(=O)CN1C(=O)C2CCC(O2)C1=O. The summed E-state index contributed by atoms with van der Waals surface area (Å²) in [5, 5.41) is 10.5. The van der Waals surface area contributed by atoms with E-state index < -0.39 is 49.0 Å². The molecule has 18 heavy (non-hydrogen) atoms. The van der Waals surface area contributed by atoms with Crippen molar-refractivity contribution in [1.29, 1.82) is 0 Å².